The lowest BCUT2D eigenvalue weighted by molar-refractivity contribution is 0.0353. The quantitative estimate of drug-likeness (QED) is 0.385. The summed E-state index contributed by atoms with van der Waals surface area (Å²) in [6.45, 7) is 2.98. The predicted octanol–water partition coefficient (Wildman–Crippen LogP) is 4.29. The molecular weight excluding hydrogens is 441 g/mol. The molecule has 3 N–H and O–H groups in total. The number of nitrogens with zero attached hydrogens (tertiary/aromatic N) is 1. The second-order valence-electron chi connectivity index (χ2n) is 6.42. The van der Waals surface area contributed by atoms with Gasteiger partial charge in [0.25, 0.3) is 0 Å². The van der Waals surface area contributed by atoms with Crippen molar-refractivity contribution in [1.29, 1.82) is 0 Å². The fraction of sp³-hybridized carbons (Fsp3) is 0.588. The molecule has 1 aliphatic carbocycles. The minimum absolute atomic E-state index is 0. The lowest BCUT2D eigenvalue weighted by Gasteiger charge is -2.35. The molecule has 0 atom stereocenters. The predicted molar refractivity (Wildman–Crippen MR) is 111 cm³/mol. The van der Waals surface area contributed by atoms with Crippen molar-refractivity contribution in [1.82, 2.24) is 0 Å². The first kappa shape index (κ1) is 21.3. The van der Waals surface area contributed by atoms with Crippen LogP contribution in [0.1, 0.15) is 32.6 Å². The van der Waals surface area contributed by atoms with Crippen molar-refractivity contribution in [2.75, 3.05) is 26.1 Å². The van der Waals surface area contributed by atoms with Crippen LogP contribution in [-0.2, 0) is 4.74 Å². The molecule has 0 saturated heterocycles. The van der Waals surface area contributed by atoms with Gasteiger partial charge < -0.3 is 20.5 Å². The smallest absolute Gasteiger partial charge is 0.193 e. The molecule has 0 spiro atoms. The molecule has 136 valence electrons. The van der Waals surface area contributed by atoms with Crippen molar-refractivity contribution < 1.29 is 9.47 Å². The molecule has 1 saturated carbocycles. The third-order valence-electron chi connectivity index (χ3n) is 4.53. The second kappa shape index (κ2) is 9.68. The minimum Gasteiger partial charge on any atom is -0.495 e. The molecule has 0 aromatic heterocycles. The zero-order chi connectivity index (χ0) is 16.9. The molecule has 0 aliphatic heterocycles. The number of methoxy groups -OCH3 is 2. The zero-order valence-corrected chi connectivity index (χ0v) is 17.6. The van der Waals surface area contributed by atoms with E-state index < -0.39 is 0 Å². The average Bonchev–Trinajstić information content (AvgIpc) is 2.54. The van der Waals surface area contributed by atoms with Gasteiger partial charge in [0.05, 0.1) is 18.2 Å². The van der Waals surface area contributed by atoms with Gasteiger partial charge in [-0.1, -0.05) is 18.5 Å². The lowest BCUT2D eigenvalue weighted by Crippen LogP contribution is -2.32. The Kier molecular flexibility index (Phi) is 8.59. The van der Waals surface area contributed by atoms with Gasteiger partial charge in [0.2, 0.25) is 0 Å². The van der Waals surface area contributed by atoms with Crippen LogP contribution >= 0.6 is 35.6 Å². The number of nitrogens with one attached hydrogen (secondary N) is 1. The van der Waals surface area contributed by atoms with E-state index in [9.17, 15) is 0 Å². The maximum Gasteiger partial charge on any atom is 0.193 e. The number of nitrogens with two attached hydrogens (primary N) is 1. The largest absolute Gasteiger partial charge is 0.495 e. The zero-order valence-electron chi connectivity index (χ0n) is 14.5. The van der Waals surface area contributed by atoms with E-state index >= 15 is 0 Å². The van der Waals surface area contributed by atoms with Crippen molar-refractivity contribution in [3.05, 3.63) is 23.2 Å². The highest BCUT2D eigenvalue weighted by Crippen LogP contribution is 2.37. The summed E-state index contributed by atoms with van der Waals surface area (Å²) < 4.78 is 10.6. The van der Waals surface area contributed by atoms with E-state index in [0.29, 0.717) is 29.4 Å². The van der Waals surface area contributed by atoms with Gasteiger partial charge >= 0.3 is 0 Å². The molecule has 0 bridgehead atoms. The van der Waals surface area contributed by atoms with Gasteiger partial charge in [-0.3, -0.25) is 4.99 Å². The van der Waals surface area contributed by atoms with Crippen molar-refractivity contribution >= 4 is 47.2 Å². The third kappa shape index (κ3) is 5.97. The van der Waals surface area contributed by atoms with Crippen LogP contribution in [0, 0.1) is 5.41 Å². The molecular formula is C17H27ClIN3O2. The summed E-state index contributed by atoms with van der Waals surface area (Å²) >= 11 is 6.10. The Bertz CT molecular complexity index is 561. The maximum absolute atomic E-state index is 6.10. The van der Waals surface area contributed by atoms with Crippen molar-refractivity contribution in [3.8, 4) is 5.75 Å². The molecule has 0 heterocycles. The number of hydrogen-bond donors (Lipinski definition) is 2. The van der Waals surface area contributed by atoms with Crippen molar-refractivity contribution in [2.24, 2.45) is 16.1 Å². The molecule has 0 unspecified atom stereocenters. The summed E-state index contributed by atoms with van der Waals surface area (Å²) in [6, 6.07) is 5.43. The summed E-state index contributed by atoms with van der Waals surface area (Å²) in [5.41, 5.74) is 6.99. The average molecular weight is 468 g/mol. The van der Waals surface area contributed by atoms with E-state index in [1.165, 1.54) is 0 Å². The standard InChI is InChI=1S/C17H26ClN3O2.HI/c1-17(8-6-13(22-2)7-9-17)11-20-16(19)21-12-4-5-15(23-3)14(18)10-12;/h4-5,10,13H,6-9,11H2,1-3H3,(H3,19,20,21);1H. The van der Waals surface area contributed by atoms with Crippen LogP contribution in [0.25, 0.3) is 0 Å². The number of benzene rings is 1. The molecule has 1 aromatic rings. The highest BCUT2D eigenvalue weighted by molar-refractivity contribution is 14.0. The highest BCUT2D eigenvalue weighted by Gasteiger charge is 2.30. The lowest BCUT2D eigenvalue weighted by atomic mass is 9.75. The van der Waals surface area contributed by atoms with Gasteiger partial charge in [0.1, 0.15) is 5.75 Å². The second-order valence-corrected chi connectivity index (χ2v) is 6.83. The van der Waals surface area contributed by atoms with Crippen LogP contribution in [0.15, 0.2) is 23.2 Å². The van der Waals surface area contributed by atoms with Crippen LogP contribution in [0.4, 0.5) is 5.69 Å². The first-order valence-electron chi connectivity index (χ1n) is 7.89. The fourth-order valence-electron chi connectivity index (χ4n) is 2.89. The Morgan fingerprint density at radius 3 is 2.58 bits per heavy atom. The van der Waals surface area contributed by atoms with E-state index in [2.05, 4.69) is 17.2 Å². The first-order chi connectivity index (χ1) is 11.0. The Morgan fingerprint density at radius 1 is 1.38 bits per heavy atom. The van der Waals surface area contributed by atoms with Crippen LogP contribution in [0.5, 0.6) is 5.75 Å². The summed E-state index contributed by atoms with van der Waals surface area (Å²) in [6.07, 6.45) is 4.78. The van der Waals surface area contributed by atoms with Gasteiger partial charge in [0.15, 0.2) is 5.96 Å². The van der Waals surface area contributed by atoms with Crippen molar-refractivity contribution in [2.45, 2.75) is 38.7 Å². The van der Waals surface area contributed by atoms with Crippen molar-refractivity contribution in [3.63, 3.8) is 0 Å². The fourth-order valence-corrected chi connectivity index (χ4v) is 3.15. The van der Waals surface area contributed by atoms with Gasteiger partial charge in [-0.25, -0.2) is 0 Å². The SMILES string of the molecule is COc1ccc(NC(N)=NCC2(C)CCC(OC)CC2)cc1Cl.I. The summed E-state index contributed by atoms with van der Waals surface area (Å²) in [4.78, 5) is 4.51. The van der Waals surface area contributed by atoms with Gasteiger partial charge in [-0.2, -0.15) is 0 Å². The Balaban J connectivity index is 0.00000288. The highest BCUT2D eigenvalue weighted by atomic mass is 127. The summed E-state index contributed by atoms with van der Waals surface area (Å²) in [5, 5.41) is 3.61. The summed E-state index contributed by atoms with van der Waals surface area (Å²) in [7, 11) is 3.37. The molecule has 2 rings (SSSR count). The van der Waals surface area contributed by atoms with Gasteiger partial charge in [-0.15, -0.1) is 24.0 Å². The van der Waals surface area contributed by atoms with E-state index in [1.54, 1.807) is 26.4 Å². The number of ether oxygens (including phenoxy) is 2. The molecule has 0 amide bonds. The Labute approximate surface area is 166 Å². The molecule has 0 radical (unpaired) electrons. The number of aliphatic imine (C=N–C) groups is 1. The monoisotopic (exact) mass is 467 g/mol. The van der Waals surface area contributed by atoms with Crippen LogP contribution in [-0.4, -0.2) is 32.8 Å². The number of guanidine groups is 1. The maximum atomic E-state index is 6.10. The van der Waals surface area contributed by atoms with E-state index in [0.717, 1.165) is 31.4 Å². The minimum atomic E-state index is 0. The molecule has 1 fully saturated rings. The Hall–Kier alpha value is -0.730. The van der Waals surface area contributed by atoms with E-state index in [4.69, 9.17) is 26.8 Å². The van der Waals surface area contributed by atoms with Gasteiger partial charge in [-0.05, 0) is 49.3 Å². The van der Waals surface area contributed by atoms with Crippen LogP contribution in [0.3, 0.4) is 0 Å². The van der Waals surface area contributed by atoms with Gasteiger partial charge in [0, 0.05) is 19.3 Å². The molecule has 1 aliphatic rings. The molecule has 7 heteroatoms. The molecule has 24 heavy (non-hydrogen) atoms. The third-order valence-corrected chi connectivity index (χ3v) is 4.82. The molecule has 1 aromatic carbocycles. The van der Waals surface area contributed by atoms with Crippen LogP contribution < -0.4 is 15.8 Å². The number of anilines is 1. The number of hydrogen-bond acceptors (Lipinski definition) is 3. The van der Waals surface area contributed by atoms with Crippen LogP contribution in [0.2, 0.25) is 5.02 Å². The normalized spacial score (nSPS) is 24.2. The van der Waals surface area contributed by atoms with E-state index in [1.807, 2.05) is 6.07 Å². The number of halogens is 2. The Morgan fingerprint density at radius 2 is 2.04 bits per heavy atom. The summed E-state index contributed by atoms with van der Waals surface area (Å²) in [5.74, 6) is 1.04. The first-order valence-corrected chi connectivity index (χ1v) is 8.27. The molecule has 5 nitrogen and oxygen atoms in total. The topological polar surface area (TPSA) is 68.9 Å². The van der Waals surface area contributed by atoms with E-state index in [-0.39, 0.29) is 29.4 Å². The number of rotatable bonds is 5.